The van der Waals surface area contributed by atoms with Gasteiger partial charge in [0.05, 0.1) is 16.9 Å². The van der Waals surface area contributed by atoms with Crippen LogP contribution in [-0.2, 0) is 5.41 Å². The lowest BCUT2D eigenvalue weighted by molar-refractivity contribution is 0.469. The van der Waals surface area contributed by atoms with Gasteiger partial charge in [0.2, 0.25) is 5.75 Å². The second kappa shape index (κ2) is 6.91. The highest BCUT2D eigenvalue weighted by molar-refractivity contribution is 6.32. The van der Waals surface area contributed by atoms with Crippen molar-refractivity contribution in [1.29, 1.82) is 5.26 Å². The van der Waals surface area contributed by atoms with E-state index in [-0.39, 0.29) is 16.8 Å². The van der Waals surface area contributed by atoms with Gasteiger partial charge in [-0.3, -0.25) is 9.89 Å². The van der Waals surface area contributed by atoms with Crippen LogP contribution < -0.4 is 10.3 Å². The molecule has 2 heterocycles. The Balaban J connectivity index is 1.64. The molecule has 148 valence electrons. The van der Waals surface area contributed by atoms with Gasteiger partial charge in [0, 0.05) is 10.4 Å². The van der Waals surface area contributed by atoms with E-state index < -0.39 is 5.56 Å². The fourth-order valence-corrected chi connectivity index (χ4v) is 4.04. The van der Waals surface area contributed by atoms with Gasteiger partial charge in [0.25, 0.3) is 0 Å². The maximum absolute atomic E-state index is 13.1. The first-order valence-corrected chi connectivity index (χ1v) is 10.0. The van der Waals surface area contributed by atoms with Gasteiger partial charge in [-0.1, -0.05) is 47.5 Å². The number of halogens is 2. The normalized spacial score (nSPS) is 14.4. The quantitative estimate of drug-likeness (QED) is 0.483. The Kier molecular flexibility index (Phi) is 4.31. The zero-order valence-electron chi connectivity index (χ0n) is 15.5. The molecule has 2 aromatic heterocycles. The molecule has 6 nitrogen and oxygen atoms in total. The van der Waals surface area contributed by atoms with E-state index in [1.807, 2.05) is 24.3 Å². The summed E-state index contributed by atoms with van der Waals surface area (Å²) >= 11 is 12.2. The average Bonchev–Trinajstić information content (AvgIpc) is 3.46. The van der Waals surface area contributed by atoms with Crippen molar-refractivity contribution in [1.82, 2.24) is 14.6 Å². The lowest BCUT2D eigenvalue weighted by Gasteiger charge is -2.14. The molecular formula is C22H14Cl2N4O2. The molecule has 1 aliphatic carbocycles. The summed E-state index contributed by atoms with van der Waals surface area (Å²) in [6.45, 7) is 0. The van der Waals surface area contributed by atoms with Crippen LogP contribution in [0.2, 0.25) is 10.0 Å². The number of hydrogen-bond donors (Lipinski definition) is 1. The number of fused-ring (bicyclic) bond motifs is 1. The third kappa shape index (κ3) is 2.86. The molecule has 0 spiro atoms. The maximum Gasteiger partial charge on any atom is 0.315 e. The Morgan fingerprint density at radius 1 is 1.10 bits per heavy atom. The summed E-state index contributed by atoms with van der Waals surface area (Å²) in [4.78, 5) is 17.4. The summed E-state index contributed by atoms with van der Waals surface area (Å²) in [6.07, 6.45) is 3.03. The monoisotopic (exact) mass is 436 g/mol. The van der Waals surface area contributed by atoms with Gasteiger partial charge in [-0.25, -0.2) is 4.98 Å². The Morgan fingerprint density at radius 2 is 1.83 bits per heavy atom. The van der Waals surface area contributed by atoms with Crippen LogP contribution in [0.1, 0.15) is 29.7 Å². The van der Waals surface area contributed by atoms with Gasteiger partial charge < -0.3 is 4.74 Å². The Labute approximate surface area is 181 Å². The van der Waals surface area contributed by atoms with Crippen LogP contribution >= 0.6 is 23.2 Å². The van der Waals surface area contributed by atoms with Gasteiger partial charge >= 0.3 is 5.56 Å². The predicted molar refractivity (Wildman–Crippen MR) is 114 cm³/mol. The van der Waals surface area contributed by atoms with Gasteiger partial charge in [0.15, 0.2) is 5.65 Å². The minimum absolute atomic E-state index is 0.00855. The van der Waals surface area contributed by atoms with E-state index in [9.17, 15) is 10.1 Å². The number of aromatic nitrogens is 3. The summed E-state index contributed by atoms with van der Waals surface area (Å²) in [6, 6.07) is 16.6. The van der Waals surface area contributed by atoms with E-state index in [0.717, 1.165) is 18.4 Å². The molecule has 1 saturated carbocycles. The zero-order valence-corrected chi connectivity index (χ0v) is 17.0. The minimum atomic E-state index is -0.449. The fraction of sp³-hybridized carbons (Fsp3) is 0.136. The summed E-state index contributed by atoms with van der Waals surface area (Å²) in [5, 5.41) is 14.0. The molecule has 4 aromatic rings. The molecule has 0 atom stereocenters. The molecule has 30 heavy (non-hydrogen) atoms. The minimum Gasteiger partial charge on any atom is -0.448 e. The van der Waals surface area contributed by atoms with Crippen molar-refractivity contribution in [2.24, 2.45) is 0 Å². The number of para-hydroxylation sites is 1. The number of rotatable bonds is 4. The zero-order chi connectivity index (χ0) is 20.9. The SMILES string of the molecule is N#Cc1c(C2(c3ccc(Cl)cc3)CC2)[nH]n2c(=O)c(Oc3ccccc3Cl)cnc12. The van der Waals surface area contributed by atoms with Crippen LogP contribution in [0.25, 0.3) is 5.65 Å². The predicted octanol–water partition coefficient (Wildman–Crippen LogP) is 5.07. The van der Waals surface area contributed by atoms with Crippen LogP contribution in [0.4, 0.5) is 0 Å². The second-order valence-electron chi connectivity index (χ2n) is 7.18. The molecule has 5 rings (SSSR count). The largest absolute Gasteiger partial charge is 0.448 e. The molecular weight excluding hydrogens is 423 g/mol. The van der Waals surface area contributed by atoms with E-state index >= 15 is 0 Å². The van der Waals surface area contributed by atoms with Crippen LogP contribution in [0.5, 0.6) is 11.5 Å². The van der Waals surface area contributed by atoms with Crippen LogP contribution in [0, 0.1) is 11.3 Å². The summed E-state index contributed by atoms with van der Waals surface area (Å²) in [5.41, 5.74) is 1.52. The summed E-state index contributed by atoms with van der Waals surface area (Å²) in [5.74, 6) is 0.361. The number of H-pyrrole nitrogens is 1. The Hall–Kier alpha value is -3.27. The molecule has 0 saturated heterocycles. The smallest absolute Gasteiger partial charge is 0.315 e. The number of benzene rings is 2. The topological polar surface area (TPSA) is 83.2 Å². The van der Waals surface area contributed by atoms with Gasteiger partial charge in [-0.15, -0.1) is 0 Å². The van der Waals surface area contributed by atoms with Crippen molar-refractivity contribution in [3.05, 3.63) is 91.9 Å². The molecule has 0 unspecified atom stereocenters. The Morgan fingerprint density at radius 3 is 2.50 bits per heavy atom. The lowest BCUT2D eigenvalue weighted by Crippen LogP contribution is -2.17. The van der Waals surface area contributed by atoms with E-state index in [2.05, 4.69) is 16.2 Å². The molecule has 2 aromatic carbocycles. The van der Waals surface area contributed by atoms with Crippen molar-refractivity contribution in [3.8, 4) is 17.6 Å². The molecule has 0 aliphatic heterocycles. The first kappa shape index (κ1) is 18.7. The Bertz CT molecular complexity index is 1380. The molecule has 0 amide bonds. The highest BCUT2D eigenvalue weighted by atomic mass is 35.5. The fourth-order valence-electron chi connectivity index (χ4n) is 3.74. The molecule has 1 aliphatic rings. The van der Waals surface area contributed by atoms with Crippen LogP contribution in [0.15, 0.2) is 59.5 Å². The third-order valence-corrected chi connectivity index (χ3v) is 5.98. The summed E-state index contributed by atoms with van der Waals surface area (Å²) in [7, 11) is 0. The van der Waals surface area contributed by atoms with Gasteiger partial charge in [0.1, 0.15) is 17.4 Å². The van der Waals surface area contributed by atoms with Crippen molar-refractivity contribution in [3.63, 3.8) is 0 Å². The van der Waals surface area contributed by atoms with Gasteiger partial charge in [-0.2, -0.15) is 9.78 Å². The standard InChI is InChI=1S/C22H14Cl2N4O2/c23-14-7-5-13(6-8-14)22(9-10-22)19-15(11-25)20-26-12-18(21(29)28(20)27-19)30-17-4-2-1-3-16(17)24/h1-8,12,27H,9-10H2. The maximum atomic E-state index is 13.1. The highest BCUT2D eigenvalue weighted by Gasteiger charge is 2.49. The van der Waals surface area contributed by atoms with E-state index in [1.54, 1.807) is 24.3 Å². The number of nitriles is 1. The van der Waals surface area contributed by atoms with Crippen LogP contribution in [-0.4, -0.2) is 14.6 Å². The summed E-state index contributed by atoms with van der Waals surface area (Å²) < 4.78 is 6.94. The second-order valence-corrected chi connectivity index (χ2v) is 8.03. The number of aromatic amines is 1. The molecule has 1 fully saturated rings. The molecule has 0 radical (unpaired) electrons. The molecule has 0 bridgehead atoms. The van der Waals surface area contributed by atoms with Crippen molar-refractivity contribution >= 4 is 28.8 Å². The molecule has 8 heteroatoms. The van der Waals surface area contributed by atoms with Crippen molar-refractivity contribution in [2.45, 2.75) is 18.3 Å². The van der Waals surface area contributed by atoms with Crippen LogP contribution in [0.3, 0.4) is 0 Å². The first-order chi connectivity index (χ1) is 14.5. The van der Waals surface area contributed by atoms with Crippen molar-refractivity contribution in [2.75, 3.05) is 0 Å². The molecule has 1 N–H and O–H groups in total. The first-order valence-electron chi connectivity index (χ1n) is 9.26. The van der Waals surface area contributed by atoms with E-state index in [0.29, 0.717) is 27.1 Å². The van der Waals surface area contributed by atoms with E-state index in [4.69, 9.17) is 27.9 Å². The number of hydrogen-bond acceptors (Lipinski definition) is 4. The lowest BCUT2D eigenvalue weighted by atomic mass is 9.90. The average molecular weight is 437 g/mol. The number of nitrogens with zero attached hydrogens (tertiary/aromatic N) is 3. The van der Waals surface area contributed by atoms with E-state index in [1.165, 1.54) is 10.7 Å². The number of nitrogens with one attached hydrogen (secondary N) is 1. The van der Waals surface area contributed by atoms with Crippen molar-refractivity contribution < 1.29 is 4.74 Å². The number of ether oxygens (including phenoxy) is 1. The third-order valence-electron chi connectivity index (χ3n) is 5.42. The highest BCUT2D eigenvalue weighted by Crippen LogP contribution is 2.54. The van der Waals surface area contributed by atoms with Gasteiger partial charge in [-0.05, 0) is 42.7 Å².